The smallest absolute Gasteiger partial charge is 0.245 e. The first kappa shape index (κ1) is 7.75. The highest BCUT2D eigenvalue weighted by molar-refractivity contribution is 4.58. The van der Waals surface area contributed by atoms with Crippen molar-refractivity contribution in [1.29, 1.82) is 0 Å². The van der Waals surface area contributed by atoms with Crippen LogP contribution in [-0.2, 0) is 0 Å². The van der Waals surface area contributed by atoms with E-state index in [0.717, 1.165) is 0 Å². The first-order chi connectivity index (χ1) is 3.72. The fraction of sp³-hybridized carbons (Fsp3) is 1.00. The van der Waals surface area contributed by atoms with E-state index in [2.05, 4.69) is 0 Å². The zero-order valence-electron chi connectivity index (χ0n) is 4.28. The molecule has 0 saturated heterocycles. The van der Waals surface area contributed by atoms with Gasteiger partial charge in [0.1, 0.15) is 0 Å². The summed E-state index contributed by atoms with van der Waals surface area (Å²) in [6.45, 7) is -1.32. The summed E-state index contributed by atoms with van der Waals surface area (Å²) in [5, 5.41) is 0. The Morgan fingerprint density at radius 1 is 1.38 bits per heavy atom. The molecule has 8 heavy (non-hydrogen) atoms. The van der Waals surface area contributed by atoms with Crippen molar-refractivity contribution < 1.29 is 13.2 Å². The monoisotopic (exact) mass is 127 g/mol. The minimum atomic E-state index is -2.62. The number of halogens is 3. The maximum absolute atomic E-state index is 11.4. The van der Waals surface area contributed by atoms with E-state index in [1.54, 1.807) is 0 Å². The van der Waals surface area contributed by atoms with Crippen LogP contribution in [0.5, 0.6) is 0 Å². The lowest BCUT2D eigenvalue weighted by molar-refractivity contribution is 0.0672. The van der Waals surface area contributed by atoms with Gasteiger partial charge in [0.05, 0.1) is 12.6 Å². The standard InChI is InChI=1S/C4H8F3N/c5-1-3(2-8)4(6)7/h3-4H,1-2,8H2. The molecule has 0 aliphatic heterocycles. The largest absolute Gasteiger partial charge is 0.330 e. The number of hydrogen-bond acceptors (Lipinski definition) is 1. The number of rotatable bonds is 3. The third-order valence-electron chi connectivity index (χ3n) is 0.857. The predicted octanol–water partition coefficient (Wildman–Crippen LogP) is 0.796. The highest BCUT2D eigenvalue weighted by atomic mass is 19.3. The van der Waals surface area contributed by atoms with Gasteiger partial charge >= 0.3 is 0 Å². The van der Waals surface area contributed by atoms with Gasteiger partial charge in [0, 0.05) is 6.54 Å². The summed E-state index contributed by atoms with van der Waals surface area (Å²) in [6, 6.07) is 0. The maximum Gasteiger partial charge on any atom is 0.245 e. The molecule has 0 aliphatic carbocycles. The number of hydrogen-bond donors (Lipinski definition) is 1. The zero-order valence-corrected chi connectivity index (χ0v) is 4.28. The molecule has 1 nitrogen and oxygen atoms in total. The molecule has 50 valence electrons. The molecule has 0 aliphatic rings. The Morgan fingerprint density at radius 3 is 1.88 bits per heavy atom. The Balaban J connectivity index is 3.35. The molecule has 0 fully saturated rings. The molecule has 0 aromatic heterocycles. The van der Waals surface area contributed by atoms with E-state index in [4.69, 9.17) is 5.73 Å². The van der Waals surface area contributed by atoms with Crippen LogP contribution >= 0.6 is 0 Å². The van der Waals surface area contributed by atoms with Crippen molar-refractivity contribution in [2.24, 2.45) is 11.7 Å². The molecule has 0 radical (unpaired) electrons. The Labute approximate surface area is 45.7 Å². The van der Waals surface area contributed by atoms with E-state index in [1.807, 2.05) is 0 Å². The molecular formula is C4H8F3N. The van der Waals surface area contributed by atoms with Crippen LogP contribution in [0.3, 0.4) is 0 Å². The Hall–Kier alpha value is -0.250. The summed E-state index contributed by atoms with van der Waals surface area (Å²) in [5.74, 6) is -1.27. The second-order valence-electron chi connectivity index (χ2n) is 1.48. The Kier molecular flexibility index (Phi) is 3.60. The highest BCUT2D eigenvalue weighted by Crippen LogP contribution is 2.07. The lowest BCUT2D eigenvalue weighted by Gasteiger charge is -2.06. The molecule has 2 N–H and O–H groups in total. The van der Waals surface area contributed by atoms with Crippen molar-refractivity contribution in [1.82, 2.24) is 0 Å². The van der Waals surface area contributed by atoms with Gasteiger partial charge in [0.15, 0.2) is 0 Å². The Morgan fingerprint density at radius 2 is 1.88 bits per heavy atom. The first-order valence-corrected chi connectivity index (χ1v) is 2.26. The summed E-state index contributed by atoms with van der Waals surface area (Å²) in [6.07, 6.45) is -2.62. The number of alkyl halides is 3. The average Bonchev–Trinajstić information content (AvgIpc) is 1.69. The maximum atomic E-state index is 11.4. The van der Waals surface area contributed by atoms with Crippen LogP contribution in [0.25, 0.3) is 0 Å². The average molecular weight is 127 g/mol. The van der Waals surface area contributed by atoms with Gasteiger partial charge < -0.3 is 5.73 Å². The normalized spacial score (nSPS) is 14.6. The van der Waals surface area contributed by atoms with Crippen molar-refractivity contribution in [3.63, 3.8) is 0 Å². The Bertz CT molecular complexity index is 53.2. The molecule has 0 spiro atoms. The molecule has 0 aromatic carbocycles. The quantitative estimate of drug-likeness (QED) is 0.596. The zero-order chi connectivity index (χ0) is 6.57. The van der Waals surface area contributed by atoms with Gasteiger partial charge in [-0.2, -0.15) is 0 Å². The molecule has 0 amide bonds. The van der Waals surface area contributed by atoms with E-state index >= 15 is 0 Å². The second-order valence-corrected chi connectivity index (χ2v) is 1.48. The molecule has 1 atom stereocenters. The molecule has 0 aromatic rings. The topological polar surface area (TPSA) is 26.0 Å². The van der Waals surface area contributed by atoms with Crippen LogP contribution in [-0.4, -0.2) is 19.6 Å². The molecule has 0 bridgehead atoms. The van der Waals surface area contributed by atoms with Crippen LogP contribution in [0.4, 0.5) is 13.2 Å². The summed E-state index contributed by atoms with van der Waals surface area (Å²) >= 11 is 0. The SMILES string of the molecule is NCC(CF)C(F)F. The van der Waals surface area contributed by atoms with E-state index in [-0.39, 0.29) is 6.54 Å². The van der Waals surface area contributed by atoms with Crippen LogP contribution in [0.2, 0.25) is 0 Å². The van der Waals surface area contributed by atoms with Crippen molar-refractivity contribution in [3.8, 4) is 0 Å². The first-order valence-electron chi connectivity index (χ1n) is 2.26. The lowest BCUT2D eigenvalue weighted by Crippen LogP contribution is -2.23. The predicted molar refractivity (Wildman–Crippen MR) is 24.5 cm³/mol. The van der Waals surface area contributed by atoms with E-state index in [0.29, 0.717) is 0 Å². The molecule has 1 unspecified atom stereocenters. The van der Waals surface area contributed by atoms with Crippen molar-refractivity contribution >= 4 is 0 Å². The van der Waals surface area contributed by atoms with Crippen LogP contribution in [0.1, 0.15) is 0 Å². The minimum Gasteiger partial charge on any atom is -0.330 e. The highest BCUT2D eigenvalue weighted by Gasteiger charge is 2.17. The molecule has 0 heterocycles. The van der Waals surface area contributed by atoms with E-state index in [9.17, 15) is 13.2 Å². The van der Waals surface area contributed by atoms with Gasteiger partial charge in [0.2, 0.25) is 6.43 Å². The van der Waals surface area contributed by atoms with Gasteiger partial charge in [-0.1, -0.05) is 0 Å². The van der Waals surface area contributed by atoms with Crippen molar-refractivity contribution in [2.75, 3.05) is 13.2 Å². The van der Waals surface area contributed by atoms with E-state index < -0.39 is 19.0 Å². The summed E-state index contributed by atoms with van der Waals surface area (Å²) in [7, 11) is 0. The van der Waals surface area contributed by atoms with Crippen LogP contribution < -0.4 is 5.73 Å². The van der Waals surface area contributed by atoms with Gasteiger partial charge in [-0.15, -0.1) is 0 Å². The van der Waals surface area contributed by atoms with Gasteiger partial charge in [-0.25, -0.2) is 8.78 Å². The van der Waals surface area contributed by atoms with Gasteiger partial charge in [-0.05, 0) is 0 Å². The summed E-state index contributed by atoms with van der Waals surface area (Å²) in [4.78, 5) is 0. The third kappa shape index (κ3) is 2.16. The molecule has 4 heteroatoms. The molecular weight excluding hydrogens is 119 g/mol. The fourth-order valence-corrected chi connectivity index (χ4v) is 0.233. The van der Waals surface area contributed by atoms with Gasteiger partial charge in [0.25, 0.3) is 0 Å². The van der Waals surface area contributed by atoms with Crippen LogP contribution in [0.15, 0.2) is 0 Å². The molecule has 0 rings (SSSR count). The third-order valence-corrected chi connectivity index (χ3v) is 0.857. The van der Waals surface area contributed by atoms with Crippen molar-refractivity contribution in [2.45, 2.75) is 6.43 Å². The minimum absolute atomic E-state index is 0.284. The summed E-state index contributed by atoms with van der Waals surface area (Å²) in [5.41, 5.74) is 4.76. The lowest BCUT2D eigenvalue weighted by atomic mass is 10.2. The number of nitrogens with two attached hydrogens (primary N) is 1. The summed E-state index contributed by atoms with van der Waals surface area (Å²) < 4.78 is 34.1. The van der Waals surface area contributed by atoms with Crippen molar-refractivity contribution in [3.05, 3.63) is 0 Å². The second kappa shape index (κ2) is 3.72. The fourth-order valence-electron chi connectivity index (χ4n) is 0.233. The van der Waals surface area contributed by atoms with Crippen LogP contribution in [0, 0.1) is 5.92 Å². The van der Waals surface area contributed by atoms with E-state index in [1.165, 1.54) is 0 Å². The molecule has 0 saturated carbocycles. The van der Waals surface area contributed by atoms with Gasteiger partial charge in [-0.3, -0.25) is 4.39 Å².